The molecule has 2 aliphatic carbocycles. The van der Waals surface area contributed by atoms with Crippen molar-refractivity contribution in [2.45, 2.75) is 44.1 Å². The Morgan fingerprint density at radius 2 is 2.12 bits per heavy atom. The van der Waals surface area contributed by atoms with E-state index < -0.39 is 0 Å². The SMILES string of the molecule is COCCOCCCC1(N)CC2CCC1C2. The summed E-state index contributed by atoms with van der Waals surface area (Å²) in [5, 5.41) is 0. The molecule has 2 aliphatic rings. The van der Waals surface area contributed by atoms with E-state index in [1.165, 1.54) is 25.7 Å². The lowest BCUT2D eigenvalue weighted by Crippen LogP contribution is -2.45. The van der Waals surface area contributed by atoms with Gasteiger partial charge in [-0.3, -0.25) is 0 Å². The third kappa shape index (κ3) is 2.76. The Morgan fingerprint density at radius 3 is 2.75 bits per heavy atom. The highest BCUT2D eigenvalue weighted by molar-refractivity contribution is 5.03. The fourth-order valence-corrected chi connectivity index (χ4v) is 3.54. The van der Waals surface area contributed by atoms with Gasteiger partial charge >= 0.3 is 0 Å². The second kappa shape index (κ2) is 5.48. The molecule has 0 aromatic rings. The van der Waals surface area contributed by atoms with Crippen LogP contribution in [-0.2, 0) is 9.47 Å². The number of methoxy groups -OCH3 is 1. The van der Waals surface area contributed by atoms with Crippen LogP contribution in [0.25, 0.3) is 0 Å². The molecule has 16 heavy (non-hydrogen) atoms. The van der Waals surface area contributed by atoms with Crippen LogP contribution in [0.1, 0.15) is 38.5 Å². The van der Waals surface area contributed by atoms with Crippen molar-refractivity contribution in [3.05, 3.63) is 0 Å². The van der Waals surface area contributed by atoms with Crippen LogP contribution in [0.4, 0.5) is 0 Å². The molecule has 0 radical (unpaired) electrons. The van der Waals surface area contributed by atoms with Crippen molar-refractivity contribution < 1.29 is 9.47 Å². The molecule has 2 rings (SSSR count). The largest absolute Gasteiger partial charge is 0.382 e. The Bertz CT molecular complexity index is 222. The Balaban J connectivity index is 1.59. The highest BCUT2D eigenvalue weighted by Crippen LogP contribution is 2.51. The molecule has 0 aliphatic heterocycles. The molecular formula is C13H25NO2. The molecule has 3 atom stereocenters. The van der Waals surface area contributed by atoms with Crippen LogP contribution < -0.4 is 5.73 Å². The van der Waals surface area contributed by atoms with Crippen LogP contribution in [0.3, 0.4) is 0 Å². The molecule has 0 spiro atoms. The Hall–Kier alpha value is -0.120. The zero-order chi connectivity index (χ0) is 11.4. The van der Waals surface area contributed by atoms with Crippen molar-refractivity contribution >= 4 is 0 Å². The zero-order valence-corrected chi connectivity index (χ0v) is 10.4. The van der Waals surface area contributed by atoms with E-state index in [0.717, 1.165) is 31.3 Å². The molecule has 2 fully saturated rings. The minimum Gasteiger partial charge on any atom is -0.382 e. The van der Waals surface area contributed by atoms with Gasteiger partial charge in [0.05, 0.1) is 13.2 Å². The number of hydrogen-bond acceptors (Lipinski definition) is 3. The van der Waals surface area contributed by atoms with Gasteiger partial charge in [-0.05, 0) is 43.9 Å². The minimum atomic E-state index is 0.146. The summed E-state index contributed by atoms with van der Waals surface area (Å²) in [7, 11) is 1.70. The maximum absolute atomic E-state index is 6.50. The van der Waals surface area contributed by atoms with Crippen LogP contribution in [0.2, 0.25) is 0 Å². The lowest BCUT2D eigenvalue weighted by Gasteiger charge is -2.34. The second-order valence-electron chi connectivity index (χ2n) is 5.52. The third-order valence-electron chi connectivity index (χ3n) is 4.39. The molecule has 0 saturated heterocycles. The molecule has 0 heterocycles. The van der Waals surface area contributed by atoms with Gasteiger partial charge in [-0.2, -0.15) is 0 Å². The fraction of sp³-hybridized carbons (Fsp3) is 1.00. The first-order valence-corrected chi connectivity index (χ1v) is 6.60. The fourth-order valence-electron chi connectivity index (χ4n) is 3.54. The molecule has 0 aromatic heterocycles. The van der Waals surface area contributed by atoms with Crippen molar-refractivity contribution in [3.8, 4) is 0 Å². The summed E-state index contributed by atoms with van der Waals surface area (Å²) in [6, 6.07) is 0. The maximum Gasteiger partial charge on any atom is 0.0700 e. The van der Waals surface area contributed by atoms with E-state index in [9.17, 15) is 0 Å². The molecule has 2 N–H and O–H groups in total. The smallest absolute Gasteiger partial charge is 0.0700 e. The number of fused-ring (bicyclic) bond motifs is 2. The molecule has 2 bridgehead atoms. The first-order chi connectivity index (χ1) is 7.74. The van der Waals surface area contributed by atoms with Gasteiger partial charge in [-0.15, -0.1) is 0 Å². The van der Waals surface area contributed by atoms with Crippen LogP contribution in [0, 0.1) is 11.8 Å². The standard InChI is InChI=1S/C13H25NO2/c1-15-7-8-16-6-2-5-13(14)10-11-3-4-12(13)9-11/h11-12H,2-10,14H2,1H3. The lowest BCUT2D eigenvalue weighted by molar-refractivity contribution is 0.0646. The van der Waals surface area contributed by atoms with Gasteiger partial charge in [0.2, 0.25) is 0 Å². The molecule has 0 amide bonds. The predicted octanol–water partition coefficient (Wildman–Crippen LogP) is 1.95. The van der Waals surface area contributed by atoms with Crippen molar-refractivity contribution in [1.29, 1.82) is 0 Å². The topological polar surface area (TPSA) is 44.5 Å². The normalized spacial score (nSPS) is 37.1. The van der Waals surface area contributed by atoms with Gasteiger partial charge in [-0.1, -0.05) is 6.42 Å². The van der Waals surface area contributed by atoms with E-state index in [4.69, 9.17) is 15.2 Å². The summed E-state index contributed by atoms with van der Waals surface area (Å²) in [4.78, 5) is 0. The summed E-state index contributed by atoms with van der Waals surface area (Å²) in [5.74, 6) is 1.74. The van der Waals surface area contributed by atoms with Gasteiger partial charge in [0, 0.05) is 19.3 Å². The average molecular weight is 227 g/mol. The average Bonchev–Trinajstić information content (AvgIpc) is 2.83. The predicted molar refractivity (Wildman–Crippen MR) is 64.3 cm³/mol. The number of nitrogens with two attached hydrogens (primary N) is 1. The summed E-state index contributed by atoms with van der Waals surface area (Å²) in [6.45, 7) is 2.23. The second-order valence-corrected chi connectivity index (χ2v) is 5.52. The summed E-state index contributed by atoms with van der Waals surface area (Å²) < 4.78 is 10.4. The van der Waals surface area contributed by atoms with Crippen molar-refractivity contribution in [1.82, 2.24) is 0 Å². The first kappa shape index (κ1) is 12.3. The molecule has 0 aromatic carbocycles. The van der Waals surface area contributed by atoms with Crippen LogP contribution in [0.15, 0.2) is 0 Å². The zero-order valence-electron chi connectivity index (χ0n) is 10.4. The van der Waals surface area contributed by atoms with Gasteiger partial charge in [0.15, 0.2) is 0 Å². The van der Waals surface area contributed by atoms with Crippen LogP contribution in [-0.4, -0.2) is 32.5 Å². The Morgan fingerprint density at radius 1 is 1.25 bits per heavy atom. The maximum atomic E-state index is 6.50. The van der Waals surface area contributed by atoms with E-state index in [0.29, 0.717) is 13.2 Å². The highest BCUT2D eigenvalue weighted by atomic mass is 16.5. The van der Waals surface area contributed by atoms with Crippen molar-refractivity contribution in [2.75, 3.05) is 26.9 Å². The van der Waals surface area contributed by atoms with Crippen LogP contribution >= 0.6 is 0 Å². The van der Waals surface area contributed by atoms with Gasteiger partial charge in [0.1, 0.15) is 0 Å². The van der Waals surface area contributed by atoms with E-state index >= 15 is 0 Å². The minimum absolute atomic E-state index is 0.146. The first-order valence-electron chi connectivity index (χ1n) is 6.60. The number of ether oxygens (including phenoxy) is 2. The molecule has 94 valence electrons. The Kier molecular flexibility index (Phi) is 4.22. The molecular weight excluding hydrogens is 202 g/mol. The van der Waals surface area contributed by atoms with E-state index in [-0.39, 0.29) is 5.54 Å². The lowest BCUT2D eigenvalue weighted by atomic mass is 9.79. The van der Waals surface area contributed by atoms with E-state index in [2.05, 4.69) is 0 Å². The van der Waals surface area contributed by atoms with Crippen molar-refractivity contribution in [2.24, 2.45) is 17.6 Å². The van der Waals surface area contributed by atoms with Crippen molar-refractivity contribution in [3.63, 3.8) is 0 Å². The summed E-state index contributed by atoms with van der Waals surface area (Å²) in [6.07, 6.45) is 7.68. The molecule has 3 nitrogen and oxygen atoms in total. The highest BCUT2D eigenvalue weighted by Gasteiger charge is 2.47. The van der Waals surface area contributed by atoms with Gasteiger partial charge in [-0.25, -0.2) is 0 Å². The third-order valence-corrected chi connectivity index (χ3v) is 4.39. The monoisotopic (exact) mass is 227 g/mol. The van der Waals surface area contributed by atoms with Gasteiger partial charge < -0.3 is 15.2 Å². The molecule has 3 heteroatoms. The summed E-state index contributed by atoms with van der Waals surface area (Å²) >= 11 is 0. The van der Waals surface area contributed by atoms with E-state index in [1.807, 2.05) is 0 Å². The number of hydrogen-bond donors (Lipinski definition) is 1. The van der Waals surface area contributed by atoms with Gasteiger partial charge in [0.25, 0.3) is 0 Å². The quantitative estimate of drug-likeness (QED) is 0.676. The molecule has 2 saturated carbocycles. The Labute approximate surface area is 98.7 Å². The van der Waals surface area contributed by atoms with Crippen LogP contribution in [0.5, 0.6) is 0 Å². The summed E-state index contributed by atoms with van der Waals surface area (Å²) in [5.41, 5.74) is 6.65. The van der Waals surface area contributed by atoms with E-state index in [1.54, 1.807) is 7.11 Å². The molecule has 3 unspecified atom stereocenters. The number of rotatable bonds is 7.